The summed E-state index contributed by atoms with van der Waals surface area (Å²) in [6.07, 6.45) is 2.68. The monoisotopic (exact) mass is 288 g/mol. The normalized spacial score (nSPS) is 11.0. The zero-order valence-corrected chi connectivity index (χ0v) is 12.9. The van der Waals surface area contributed by atoms with Crippen LogP contribution >= 0.6 is 0 Å². The second-order valence-electron chi connectivity index (χ2n) is 4.91. The van der Waals surface area contributed by atoms with E-state index >= 15 is 0 Å². The summed E-state index contributed by atoms with van der Waals surface area (Å²) in [5.41, 5.74) is 2.51. The highest BCUT2D eigenvalue weighted by Crippen LogP contribution is 2.10. The lowest BCUT2D eigenvalue weighted by atomic mass is 10.1. The molecule has 0 saturated heterocycles. The maximum Gasteiger partial charge on any atom is 0.140 e. The van der Waals surface area contributed by atoms with E-state index in [4.69, 9.17) is 4.74 Å². The van der Waals surface area contributed by atoms with Crippen LogP contribution in [0.2, 0.25) is 0 Å². The van der Waals surface area contributed by atoms with Crippen molar-refractivity contribution in [3.63, 3.8) is 0 Å². The van der Waals surface area contributed by atoms with E-state index in [0.717, 1.165) is 38.5 Å². The van der Waals surface area contributed by atoms with Gasteiger partial charge in [-0.05, 0) is 24.5 Å². The Labute approximate surface area is 126 Å². The minimum atomic E-state index is 0.667. The van der Waals surface area contributed by atoms with E-state index in [-0.39, 0.29) is 0 Å². The minimum Gasteiger partial charge on any atom is -0.377 e. The summed E-state index contributed by atoms with van der Waals surface area (Å²) in [5.74, 6) is 0.985. The Bertz CT molecular complexity index is 539. The first-order valence-corrected chi connectivity index (χ1v) is 7.57. The molecule has 0 aliphatic rings. The molecule has 0 atom stereocenters. The summed E-state index contributed by atoms with van der Waals surface area (Å²) in [6.45, 7) is 8.01. The van der Waals surface area contributed by atoms with Gasteiger partial charge >= 0.3 is 0 Å². The molecule has 0 unspecified atom stereocenters. The lowest BCUT2D eigenvalue weighted by molar-refractivity contribution is 0.133. The summed E-state index contributed by atoms with van der Waals surface area (Å²) in [7, 11) is 0. The molecule has 0 bridgehead atoms. The average Bonchev–Trinajstić information content (AvgIpc) is 2.94. The van der Waals surface area contributed by atoms with Gasteiger partial charge in [-0.3, -0.25) is 0 Å². The van der Waals surface area contributed by atoms with Gasteiger partial charge in [0.15, 0.2) is 0 Å². The largest absolute Gasteiger partial charge is 0.377 e. The molecule has 21 heavy (non-hydrogen) atoms. The van der Waals surface area contributed by atoms with Gasteiger partial charge in [-0.1, -0.05) is 31.2 Å². The highest BCUT2D eigenvalue weighted by molar-refractivity contribution is 5.26. The van der Waals surface area contributed by atoms with Crippen molar-refractivity contribution < 1.29 is 4.74 Å². The van der Waals surface area contributed by atoms with Gasteiger partial charge in [-0.15, -0.1) is 0 Å². The van der Waals surface area contributed by atoms with Crippen LogP contribution in [0.3, 0.4) is 0 Å². The van der Waals surface area contributed by atoms with Crippen LogP contribution in [-0.4, -0.2) is 21.4 Å². The van der Waals surface area contributed by atoms with Gasteiger partial charge < -0.3 is 10.1 Å². The number of nitrogens with zero attached hydrogens (tertiary/aromatic N) is 3. The quantitative estimate of drug-likeness (QED) is 0.770. The Morgan fingerprint density at radius 2 is 1.95 bits per heavy atom. The van der Waals surface area contributed by atoms with Crippen molar-refractivity contribution in [3.05, 3.63) is 47.5 Å². The van der Waals surface area contributed by atoms with E-state index in [9.17, 15) is 0 Å². The lowest BCUT2D eigenvalue weighted by Crippen LogP contribution is -2.18. The molecule has 0 saturated carbocycles. The third-order valence-corrected chi connectivity index (χ3v) is 3.31. The molecule has 2 aromatic rings. The molecule has 0 radical (unpaired) electrons. The van der Waals surface area contributed by atoms with Gasteiger partial charge in [0, 0.05) is 19.7 Å². The molecule has 0 aliphatic heterocycles. The molecule has 0 fully saturated rings. The second-order valence-corrected chi connectivity index (χ2v) is 4.91. The summed E-state index contributed by atoms with van der Waals surface area (Å²) in [6, 6.07) is 8.37. The third-order valence-electron chi connectivity index (χ3n) is 3.31. The van der Waals surface area contributed by atoms with Gasteiger partial charge in [0.2, 0.25) is 0 Å². The second kappa shape index (κ2) is 8.54. The van der Waals surface area contributed by atoms with Crippen molar-refractivity contribution in [1.29, 1.82) is 0 Å². The maximum absolute atomic E-state index is 5.51. The molecule has 1 N–H and O–H groups in total. The van der Waals surface area contributed by atoms with E-state index in [1.54, 1.807) is 6.33 Å². The SMILES string of the molecule is CCCn1ncnc1CNCc1ccccc1COCC. The first kappa shape index (κ1) is 15.7. The van der Waals surface area contributed by atoms with Gasteiger partial charge in [0.1, 0.15) is 12.2 Å². The molecule has 1 aromatic carbocycles. The summed E-state index contributed by atoms with van der Waals surface area (Å²) in [5, 5.41) is 7.68. The Hall–Kier alpha value is -1.72. The third kappa shape index (κ3) is 4.65. The predicted molar refractivity (Wildman–Crippen MR) is 82.6 cm³/mol. The Morgan fingerprint density at radius 1 is 1.14 bits per heavy atom. The molecule has 0 aliphatic carbocycles. The van der Waals surface area contributed by atoms with Crippen LogP contribution in [0.1, 0.15) is 37.2 Å². The molecular formula is C16H24N4O. The maximum atomic E-state index is 5.51. The number of aromatic nitrogens is 3. The topological polar surface area (TPSA) is 52.0 Å². The fraction of sp³-hybridized carbons (Fsp3) is 0.500. The van der Waals surface area contributed by atoms with Gasteiger partial charge in [-0.2, -0.15) is 5.10 Å². The Balaban J connectivity index is 1.89. The zero-order valence-electron chi connectivity index (χ0n) is 12.9. The van der Waals surface area contributed by atoms with Crippen molar-refractivity contribution in [2.75, 3.05) is 6.61 Å². The van der Waals surface area contributed by atoms with E-state index in [2.05, 4.69) is 46.6 Å². The van der Waals surface area contributed by atoms with Crippen LogP contribution in [0.4, 0.5) is 0 Å². The number of nitrogens with one attached hydrogen (secondary N) is 1. The van der Waals surface area contributed by atoms with E-state index in [0.29, 0.717) is 6.61 Å². The fourth-order valence-electron chi connectivity index (χ4n) is 2.22. The first-order valence-electron chi connectivity index (χ1n) is 7.57. The van der Waals surface area contributed by atoms with Crippen LogP contribution in [0, 0.1) is 0 Å². The van der Waals surface area contributed by atoms with Crippen molar-refractivity contribution in [1.82, 2.24) is 20.1 Å². The van der Waals surface area contributed by atoms with E-state index in [1.165, 1.54) is 11.1 Å². The average molecular weight is 288 g/mol. The number of hydrogen-bond donors (Lipinski definition) is 1. The van der Waals surface area contributed by atoms with Crippen molar-refractivity contribution in [3.8, 4) is 0 Å². The van der Waals surface area contributed by atoms with Crippen LogP contribution in [0.25, 0.3) is 0 Å². The Morgan fingerprint density at radius 3 is 2.71 bits per heavy atom. The predicted octanol–water partition coefficient (Wildman–Crippen LogP) is 2.51. The highest BCUT2D eigenvalue weighted by Gasteiger charge is 2.05. The molecule has 2 rings (SSSR count). The van der Waals surface area contributed by atoms with Crippen molar-refractivity contribution in [2.45, 2.75) is 46.5 Å². The van der Waals surface area contributed by atoms with E-state index in [1.807, 2.05) is 11.6 Å². The summed E-state index contributed by atoms with van der Waals surface area (Å²) in [4.78, 5) is 4.30. The standard InChI is InChI=1S/C16H24N4O/c1-3-9-20-16(18-13-19-20)11-17-10-14-7-5-6-8-15(14)12-21-4-2/h5-8,13,17H,3-4,9-12H2,1-2H3. The van der Waals surface area contributed by atoms with Crippen molar-refractivity contribution >= 4 is 0 Å². The molecule has 5 heteroatoms. The first-order chi connectivity index (χ1) is 10.3. The number of hydrogen-bond acceptors (Lipinski definition) is 4. The Kier molecular flexibility index (Phi) is 6.37. The fourth-order valence-corrected chi connectivity index (χ4v) is 2.22. The number of benzene rings is 1. The molecular weight excluding hydrogens is 264 g/mol. The molecule has 0 spiro atoms. The number of ether oxygens (including phenoxy) is 1. The van der Waals surface area contributed by atoms with Crippen LogP contribution in [0.15, 0.2) is 30.6 Å². The van der Waals surface area contributed by atoms with Gasteiger partial charge in [0.25, 0.3) is 0 Å². The van der Waals surface area contributed by atoms with Gasteiger partial charge in [-0.25, -0.2) is 9.67 Å². The summed E-state index contributed by atoms with van der Waals surface area (Å²) >= 11 is 0. The highest BCUT2D eigenvalue weighted by atomic mass is 16.5. The molecule has 1 aromatic heterocycles. The molecule has 1 heterocycles. The zero-order chi connectivity index (χ0) is 14.9. The van der Waals surface area contributed by atoms with Crippen molar-refractivity contribution in [2.24, 2.45) is 0 Å². The van der Waals surface area contributed by atoms with E-state index < -0.39 is 0 Å². The molecule has 114 valence electrons. The smallest absolute Gasteiger partial charge is 0.140 e. The lowest BCUT2D eigenvalue weighted by Gasteiger charge is -2.11. The number of rotatable bonds is 9. The van der Waals surface area contributed by atoms with Crippen LogP contribution in [-0.2, 0) is 31.0 Å². The summed E-state index contributed by atoms with van der Waals surface area (Å²) < 4.78 is 7.47. The van der Waals surface area contributed by atoms with Crippen LogP contribution in [0.5, 0.6) is 0 Å². The molecule has 0 amide bonds. The van der Waals surface area contributed by atoms with Gasteiger partial charge in [0.05, 0.1) is 13.2 Å². The minimum absolute atomic E-state index is 0.667. The molecule has 5 nitrogen and oxygen atoms in total. The van der Waals surface area contributed by atoms with Crippen LogP contribution < -0.4 is 5.32 Å². The number of aryl methyl sites for hydroxylation is 1.